The third-order valence-electron chi connectivity index (χ3n) is 5.52. The van der Waals surface area contributed by atoms with Crippen LogP contribution in [-0.4, -0.2) is 54.2 Å². The van der Waals surface area contributed by atoms with Crippen LogP contribution >= 0.6 is 11.6 Å². The molecule has 2 saturated heterocycles. The second-order valence-corrected chi connectivity index (χ2v) is 7.88. The molecule has 2 aliphatic heterocycles. The molecule has 1 atom stereocenters. The van der Waals surface area contributed by atoms with E-state index < -0.39 is 0 Å². The Bertz CT molecular complexity index is 947. The first-order valence-corrected chi connectivity index (χ1v) is 10.0. The van der Waals surface area contributed by atoms with Crippen molar-refractivity contribution in [2.24, 2.45) is 0 Å². The zero-order chi connectivity index (χ0) is 20.5. The number of carbonyl (C=O) groups excluding carboxylic acids is 3. The van der Waals surface area contributed by atoms with Crippen LogP contribution in [0.1, 0.15) is 34.8 Å². The summed E-state index contributed by atoms with van der Waals surface area (Å²) in [5, 5.41) is 0.309. The summed E-state index contributed by atoms with van der Waals surface area (Å²) in [5.41, 5.74) is 1.77. The van der Waals surface area contributed by atoms with Gasteiger partial charge in [0, 0.05) is 32.5 Å². The molecule has 0 saturated carbocycles. The van der Waals surface area contributed by atoms with Gasteiger partial charge < -0.3 is 9.80 Å². The topological polar surface area (TPSA) is 60.9 Å². The average molecular weight is 412 g/mol. The van der Waals surface area contributed by atoms with Gasteiger partial charge in [-0.05, 0) is 30.8 Å². The highest BCUT2D eigenvalue weighted by Gasteiger charge is 2.34. The minimum absolute atomic E-state index is 0.0998. The Kier molecular flexibility index (Phi) is 5.39. The summed E-state index contributed by atoms with van der Waals surface area (Å²) in [7, 11) is 2.04. The van der Waals surface area contributed by atoms with Gasteiger partial charge in [0.25, 0.3) is 5.91 Å². The first-order valence-electron chi connectivity index (χ1n) is 9.65. The molecule has 0 aliphatic carbocycles. The molecule has 2 aliphatic rings. The third-order valence-corrected chi connectivity index (χ3v) is 5.85. The molecule has 4 rings (SSSR count). The third kappa shape index (κ3) is 3.78. The van der Waals surface area contributed by atoms with Gasteiger partial charge >= 0.3 is 0 Å². The predicted molar refractivity (Wildman–Crippen MR) is 111 cm³/mol. The summed E-state index contributed by atoms with van der Waals surface area (Å²) in [6.07, 6.45) is 0.387. The number of likely N-dealkylation sites (N-methyl/N-ethyl adjacent to an activating group) is 1. The van der Waals surface area contributed by atoms with E-state index in [1.807, 2.05) is 42.3 Å². The van der Waals surface area contributed by atoms with Crippen LogP contribution < -0.4 is 4.90 Å². The standard InChI is InChI=1S/C22H22ClN3O3/c1-24-11-12-25(19(14-24)15-5-3-2-4-6-15)22(29)17-13-16(7-8-18(17)23)26-20(27)9-10-21(26)28/h2-8,13,19H,9-12,14H2,1H3/t19-/m0/s1. The van der Waals surface area contributed by atoms with Crippen LogP contribution in [0.4, 0.5) is 5.69 Å². The fourth-order valence-corrected chi connectivity index (χ4v) is 4.16. The smallest absolute Gasteiger partial charge is 0.256 e. The summed E-state index contributed by atoms with van der Waals surface area (Å²) in [4.78, 5) is 42.8. The maximum atomic E-state index is 13.5. The molecule has 2 fully saturated rings. The van der Waals surface area contributed by atoms with E-state index in [9.17, 15) is 14.4 Å². The van der Waals surface area contributed by atoms with Crippen LogP contribution in [0.5, 0.6) is 0 Å². The van der Waals surface area contributed by atoms with Gasteiger partial charge in [0.05, 0.1) is 22.3 Å². The second-order valence-electron chi connectivity index (χ2n) is 7.47. The highest BCUT2D eigenvalue weighted by atomic mass is 35.5. The molecule has 29 heavy (non-hydrogen) atoms. The fraction of sp³-hybridized carbons (Fsp3) is 0.318. The lowest BCUT2D eigenvalue weighted by Crippen LogP contribution is -2.49. The summed E-state index contributed by atoms with van der Waals surface area (Å²) < 4.78 is 0. The van der Waals surface area contributed by atoms with E-state index in [4.69, 9.17) is 11.6 Å². The molecule has 6 nitrogen and oxygen atoms in total. The Balaban J connectivity index is 1.68. The Morgan fingerprint density at radius 3 is 2.38 bits per heavy atom. The van der Waals surface area contributed by atoms with Gasteiger partial charge in [0.1, 0.15) is 0 Å². The number of halogens is 1. The highest BCUT2D eigenvalue weighted by molar-refractivity contribution is 6.34. The molecule has 2 heterocycles. The molecule has 0 N–H and O–H groups in total. The number of hydrogen-bond donors (Lipinski definition) is 0. The molecular formula is C22H22ClN3O3. The number of imide groups is 1. The highest BCUT2D eigenvalue weighted by Crippen LogP contribution is 2.31. The molecule has 7 heteroatoms. The van der Waals surface area contributed by atoms with Crippen LogP contribution in [-0.2, 0) is 9.59 Å². The molecule has 3 amide bonds. The fourth-order valence-electron chi connectivity index (χ4n) is 3.96. The van der Waals surface area contributed by atoms with Crippen molar-refractivity contribution in [3.8, 4) is 0 Å². The maximum Gasteiger partial charge on any atom is 0.256 e. The SMILES string of the molecule is CN1CCN(C(=O)c2cc(N3C(=O)CCC3=O)ccc2Cl)[C@H](c2ccccc2)C1. The number of benzene rings is 2. The summed E-state index contributed by atoms with van der Waals surface area (Å²) >= 11 is 6.37. The Morgan fingerprint density at radius 2 is 1.69 bits per heavy atom. The van der Waals surface area contributed by atoms with Gasteiger partial charge in [0.15, 0.2) is 0 Å². The van der Waals surface area contributed by atoms with Crippen molar-refractivity contribution in [2.75, 3.05) is 31.6 Å². The zero-order valence-electron chi connectivity index (χ0n) is 16.2. The lowest BCUT2D eigenvalue weighted by Gasteiger charge is -2.40. The molecule has 2 aromatic carbocycles. The normalized spacial score (nSPS) is 20.4. The first kappa shape index (κ1) is 19.6. The van der Waals surface area contributed by atoms with Gasteiger partial charge in [-0.25, -0.2) is 0 Å². The minimum Gasteiger partial charge on any atom is -0.329 e. The van der Waals surface area contributed by atoms with Gasteiger partial charge in [-0.1, -0.05) is 41.9 Å². The first-order chi connectivity index (χ1) is 14.0. The van der Waals surface area contributed by atoms with Crippen molar-refractivity contribution >= 4 is 35.0 Å². The number of hydrogen-bond acceptors (Lipinski definition) is 4. The quantitative estimate of drug-likeness (QED) is 0.728. The van der Waals surface area contributed by atoms with E-state index in [0.29, 0.717) is 22.8 Å². The van der Waals surface area contributed by atoms with Crippen LogP contribution in [0.15, 0.2) is 48.5 Å². The van der Waals surface area contributed by atoms with E-state index >= 15 is 0 Å². The van der Waals surface area contributed by atoms with Crippen molar-refractivity contribution in [3.05, 3.63) is 64.7 Å². The summed E-state index contributed by atoms with van der Waals surface area (Å²) in [5.74, 6) is -0.701. The van der Waals surface area contributed by atoms with Gasteiger partial charge in [-0.3, -0.25) is 19.3 Å². The number of piperazine rings is 1. The van der Waals surface area contributed by atoms with E-state index in [1.165, 1.54) is 0 Å². The molecule has 0 spiro atoms. The second kappa shape index (κ2) is 7.97. The Hall–Kier alpha value is -2.70. The van der Waals surface area contributed by atoms with Crippen LogP contribution in [0.25, 0.3) is 0 Å². The molecule has 0 bridgehead atoms. The number of anilines is 1. The van der Waals surface area contributed by atoms with Crippen molar-refractivity contribution < 1.29 is 14.4 Å². The van der Waals surface area contributed by atoms with Crippen LogP contribution in [0, 0.1) is 0 Å². The molecule has 0 aromatic heterocycles. The van der Waals surface area contributed by atoms with Crippen molar-refractivity contribution in [3.63, 3.8) is 0 Å². The summed E-state index contributed by atoms with van der Waals surface area (Å²) in [6, 6.07) is 14.6. The van der Waals surface area contributed by atoms with Crippen LogP contribution in [0.2, 0.25) is 5.02 Å². The number of amides is 3. The summed E-state index contributed by atoms with van der Waals surface area (Å²) in [6.45, 7) is 2.04. The van der Waals surface area contributed by atoms with Crippen molar-refractivity contribution in [1.82, 2.24) is 9.80 Å². The Labute approximate surface area is 174 Å². The predicted octanol–water partition coefficient (Wildman–Crippen LogP) is 3.12. The van der Waals surface area contributed by atoms with Crippen molar-refractivity contribution in [1.29, 1.82) is 0 Å². The Morgan fingerprint density at radius 1 is 1.00 bits per heavy atom. The lowest BCUT2D eigenvalue weighted by atomic mass is 10.0. The number of rotatable bonds is 3. The molecule has 0 radical (unpaired) electrons. The number of nitrogens with zero attached hydrogens (tertiary/aromatic N) is 3. The minimum atomic E-state index is -0.252. The van der Waals surface area contributed by atoms with E-state index in [2.05, 4.69) is 4.90 Å². The molecule has 2 aromatic rings. The number of carbonyl (C=O) groups is 3. The monoisotopic (exact) mass is 411 g/mol. The van der Waals surface area contributed by atoms with E-state index in [-0.39, 0.29) is 36.6 Å². The van der Waals surface area contributed by atoms with E-state index in [1.54, 1.807) is 18.2 Å². The largest absolute Gasteiger partial charge is 0.329 e. The molecular weight excluding hydrogens is 390 g/mol. The van der Waals surface area contributed by atoms with E-state index in [0.717, 1.165) is 23.6 Å². The van der Waals surface area contributed by atoms with Crippen LogP contribution in [0.3, 0.4) is 0 Å². The van der Waals surface area contributed by atoms with Crippen molar-refractivity contribution in [2.45, 2.75) is 18.9 Å². The van der Waals surface area contributed by atoms with Gasteiger partial charge in [-0.15, -0.1) is 0 Å². The lowest BCUT2D eigenvalue weighted by molar-refractivity contribution is -0.121. The molecule has 150 valence electrons. The maximum absolute atomic E-state index is 13.5. The van der Waals surface area contributed by atoms with Gasteiger partial charge in [-0.2, -0.15) is 0 Å². The van der Waals surface area contributed by atoms with Gasteiger partial charge in [0.2, 0.25) is 11.8 Å². The average Bonchev–Trinajstić information content (AvgIpc) is 3.07. The zero-order valence-corrected chi connectivity index (χ0v) is 16.9. The molecule has 0 unspecified atom stereocenters.